The Morgan fingerprint density at radius 3 is 0.986 bits per heavy atom. The second-order valence-corrected chi connectivity index (χ2v) is 35.3. The van der Waals surface area contributed by atoms with Crippen molar-refractivity contribution in [3.63, 3.8) is 0 Å². The van der Waals surface area contributed by atoms with Gasteiger partial charge in [-0.15, -0.1) is 0 Å². The van der Waals surface area contributed by atoms with Gasteiger partial charge in [0.15, 0.2) is 0 Å². The average molecular weight is 2020 g/mol. The molecule has 23 atom stereocenters. The summed E-state index contributed by atoms with van der Waals surface area (Å²) in [7, 11) is 0. The normalized spacial score (nSPS) is 16.1. The Balaban J connectivity index is 3.45. The molecule has 34 N–H and O–H groups in total. The zero-order valence-corrected chi connectivity index (χ0v) is 81.8. The predicted octanol–water partition coefficient (Wildman–Crippen LogP) is -11.7. The van der Waals surface area contributed by atoms with E-state index in [1.165, 1.54) is 38.1 Å². The number of hydrogen-bond donors (Lipinski definition) is 31. The summed E-state index contributed by atoms with van der Waals surface area (Å²) in [5, 5.41) is 134. The Hall–Kier alpha value is -13.8. The molecule has 55 nitrogen and oxygen atoms in total. The van der Waals surface area contributed by atoms with E-state index in [-0.39, 0.29) is 56.6 Å². The number of primary amides is 1. The van der Waals surface area contributed by atoms with Crippen LogP contribution < -0.4 is 118 Å². The van der Waals surface area contributed by atoms with Crippen molar-refractivity contribution in [1.82, 2.24) is 101 Å². The van der Waals surface area contributed by atoms with Gasteiger partial charge in [0.2, 0.25) is 118 Å². The lowest BCUT2D eigenvalue weighted by atomic mass is 9.97. The van der Waals surface area contributed by atoms with Gasteiger partial charge in [-0.05, 0) is 123 Å². The second kappa shape index (κ2) is 63.1. The molecule has 20 amide bonds. The summed E-state index contributed by atoms with van der Waals surface area (Å²) in [6.07, 6.45) is -8.55. The molecule has 55 heteroatoms. The molecule has 1 aromatic rings. The van der Waals surface area contributed by atoms with E-state index in [1.54, 1.807) is 47.6 Å². The summed E-state index contributed by atoms with van der Waals surface area (Å²) < 4.78 is 0. The van der Waals surface area contributed by atoms with E-state index in [2.05, 4.69) is 95.7 Å². The van der Waals surface area contributed by atoms with Crippen LogP contribution in [0, 0.1) is 23.7 Å². The zero-order chi connectivity index (χ0) is 109. The number of amides is 20. The number of aliphatic hydroxyl groups is 5. The predicted molar refractivity (Wildman–Crippen MR) is 497 cm³/mol. The molecular weight excluding hydrogens is 1880 g/mol. The van der Waals surface area contributed by atoms with Crippen LogP contribution in [0.15, 0.2) is 30.3 Å². The fraction of sp³-hybridized carbons (Fsp3) is 0.655. The summed E-state index contributed by atoms with van der Waals surface area (Å²) in [5.41, 5.74) is 17.2. The fourth-order valence-electron chi connectivity index (χ4n) is 13.2. The maximum absolute atomic E-state index is 14.4. The molecule has 1 aromatic carbocycles. The second-order valence-electron chi connectivity index (χ2n) is 35.3. The highest BCUT2D eigenvalue weighted by molar-refractivity contribution is 6.03. The third-order valence-corrected chi connectivity index (χ3v) is 21.6. The highest BCUT2D eigenvalue weighted by Gasteiger charge is 2.42. The number of carbonyl (C=O) groups excluding carboxylic acids is 20. The first-order valence-corrected chi connectivity index (χ1v) is 45.8. The van der Waals surface area contributed by atoms with Crippen molar-refractivity contribution < 1.29 is 161 Å². The zero-order valence-electron chi connectivity index (χ0n) is 81.8. The summed E-state index contributed by atoms with van der Waals surface area (Å²) in [5.74, 6) is -32.2. The van der Waals surface area contributed by atoms with Crippen LogP contribution in [-0.2, 0) is 121 Å². The largest absolute Gasteiger partial charge is 0.481 e. The van der Waals surface area contributed by atoms with Crippen LogP contribution in [0.5, 0.6) is 0 Å². The summed E-state index contributed by atoms with van der Waals surface area (Å²) in [6, 6.07) is -27.3. The topological polar surface area (TPSA) is 898 Å². The van der Waals surface area contributed by atoms with Gasteiger partial charge in [0, 0.05) is 12.8 Å². The van der Waals surface area contributed by atoms with Gasteiger partial charge in [-0.3, -0.25) is 115 Å². The number of nitrogens with one attached hydrogen (secondary N) is 19. The molecule has 0 fully saturated rings. The highest BCUT2D eigenvalue weighted by Crippen LogP contribution is 2.16. The number of nitrogens with two attached hydrogens (primary N) is 3. The Bertz CT molecular complexity index is 4530. The first kappa shape index (κ1) is 126. The average Bonchev–Trinajstić information content (AvgIpc) is 0.844. The first-order valence-electron chi connectivity index (χ1n) is 45.8. The van der Waals surface area contributed by atoms with Crippen molar-refractivity contribution in [2.45, 2.75) is 314 Å². The van der Waals surface area contributed by atoms with E-state index in [0.717, 1.165) is 48.5 Å². The summed E-state index contributed by atoms with van der Waals surface area (Å²) >= 11 is 0. The van der Waals surface area contributed by atoms with Crippen LogP contribution in [0.25, 0.3) is 0 Å². The van der Waals surface area contributed by atoms with Crippen LogP contribution in [-0.4, -0.2) is 347 Å². The molecule has 798 valence electrons. The van der Waals surface area contributed by atoms with E-state index in [1.807, 2.05) is 5.32 Å². The highest BCUT2D eigenvalue weighted by atomic mass is 16.4. The van der Waals surface area contributed by atoms with Crippen LogP contribution in [0.1, 0.15) is 180 Å². The molecule has 142 heavy (non-hydrogen) atoms. The minimum atomic E-state index is -2.27. The van der Waals surface area contributed by atoms with Gasteiger partial charge in [0.1, 0.15) is 115 Å². The molecule has 0 saturated heterocycles. The third kappa shape index (κ3) is 45.6. The summed E-state index contributed by atoms with van der Waals surface area (Å²) in [6.45, 7) is 17.4. The van der Waals surface area contributed by atoms with Gasteiger partial charge in [-0.2, -0.15) is 0 Å². The van der Waals surface area contributed by atoms with Gasteiger partial charge >= 0.3 is 23.9 Å². The molecule has 0 aromatic heterocycles. The minimum absolute atomic E-state index is 0.0181. The van der Waals surface area contributed by atoms with Crippen molar-refractivity contribution in [3.8, 4) is 0 Å². The van der Waals surface area contributed by atoms with E-state index >= 15 is 0 Å². The van der Waals surface area contributed by atoms with E-state index in [0.29, 0.717) is 0 Å². The van der Waals surface area contributed by atoms with Gasteiger partial charge < -0.3 is 164 Å². The maximum Gasteiger partial charge on any atom is 0.325 e. The standard InChI is InChI=1S/C87H142N22O33/c1-16-40(8)65(84(138)95-45(13)87(141)142)107-74(128)51(25-26-60(90)115)96-68(122)41(9)92-75(129)54(31-61(116)117)100-77(131)53(30-48-22-18-17-19-23-48)99-79(133)56(33-63(120)121)101-78(132)55(32-62(118)119)98-69(123)42(10)91-73(127)50(24-20-21-27-88)97-83(137)64(39(6)7)106-70(124)43(11)93-80(134)57(34-110)104-76(130)52(29-38(4)5)102-85(139)66(46(14)113)109-86(140)67(47(15)114)108-71(125)44(12)94-81(135)58(35-111)105-82(136)59(36-112)103-72(126)49(89)28-37(2)3/h17-19,22-23,37-47,49-59,64-67,110-114H,16,20-21,24-36,88-89H2,1-15H3,(H2,90,115)(H,91,127)(H,92,129)(H,93,134)(H,94,135)(H,95,138)(H,96,122)(H,97,137)(H,98,123)(H,99,133)(H,100,131)(H,101,132)(H,102,139)(H,103,126)(H,104,130)(H,105,136)(H,106,124)(H,107,128)(H,108,125)(H,109,140)(H,116,117)(H,118,119)(H,120,121)(H,141,142)/t40-,41-,42-,43-,44-,45-,46+,47+,49-,50-,51-,52-,53-,54-,55-,56-,57-,58-,59-,64-,65-,66-,67-/m0/s1. The quantitative estimate of drug-likeness (QED) is 0.0269. The SMILES string of the molecule is CC[C@H](C)[C@H](NC(=O)[C@H](CCC(N)=O)NC(=O)[C@H](C)NC(=O)[C@H](CC(=O)O)NC(=O)[C@H](Cc1ccccc1)NC(=O)[C@H](CC(=O)O)NC(=O)[C@H](CC(=O)O)NC(=O)[C@H](C)NC(=O)[C@H](CCCCN)NC(=O)[C@@H](NC(=O)[C@H](C)NC(=O)[C@H](CO)NC(=O)[C@H](CC(C)C)NC(=O)[C@@H](NC(=O)[C@@H](NC(=O)[C@H](C)NC(=O)[C@H](CO)NC(=O)[C@H](CO)NC(=O)[C@@H](N)CC(C)C)[C@@H](C)O)[C@@H](C)O)C(C)C)C(=O)N[C@@H](C)C(=O)O. The third-order valence-electron chi connectivity index (χ3n) is 21.6. The molecule has 0 aliphatic carbocycles. The number of carboxylic acid groups (broad SMARTS) is 4. The van der Waals surface area contributed by atoms with Gasteiger partial charge in [0.05, 0.1) is 57.3 Å². The number of rotatable bonds is 66. The fourth-order valence-corrected chi connectivity index (χ4v) is 13.2. The molecule has 0 heterocycles. The van der Waals surface area contributed by atoms with Crippen LogP contribution in [0.3, 0.4) is 0 Å². The van der Waals surface area contributed by atoms with Gasteiger partial charge in [-0.1, -0.05) is 92.1 Å². The molecule has 1 rings (SSSR count). The number of benzene rings is 1. The number of carbonyl (C=O) groups is 24. The molecule has 0 aliphatic heterocycles. The van der Waals surface area contributed by atoms with Crippen LogP contribution >= 0.6 is 0 Å². The molecule has 0 aliphatic rings. The Morgan fingerprint density at radius 2 is 0.599 bits per heavy atom. The minimum Gasteiger partial charge on any atom is -0.481 e. The molecule has 0 unspecified atom stereocenters. The number of carboxylic acids is 4. The monoisotopic (exact) mass is 2020 g/mol. The summed E-state index contributed by atoms with van der Waals surface area (Å²) in [4.78, 5) is 322. The van der Waals surface area contributed by atoms with Crippen molar-refractivity contribution in [1.29, 1.82) is 0 Å². The number of hydrogen-bond acceptors (Lipinski definition) is 31. The molecule has 0 spiro atoms. The first-order chi connectivity index (χ1) is 66.2. The molecule has 0 saturated carbocycles. The van der Waals surface area contributed by atoms with Gasteiger partial charge in [0.25, 0.3) is 0 Å². The number of aliphatic carboxylic acids is 4. The van der Waals surface area contributed by atoms with Crippen molar-refractivity contribution in [3.05, 3.63) is 35.9 Å². The van der Waals surface area contributed by atoms with Crippen molar-refractivity contribution in [2.24, 2.45) is 40.9 Å². The van der Waals surface area contributed by atoms with E-state index in [4.69, 9.17) is 17.2 Å². The Labute approximate surface area is 817 Å². The van der Waals surface area contributed by atoms with Gasteiger partial charge in [-0.25, -0.2) is 0 Å². The smallest absolute Gasteiger partial charge is 0.325 e. The maximum atomic E-state index is 14.4. The Kier molecular flexibility index (Phi) is 56.1. The van der Waals surface area contributed by atoms with Crippen molar-refractivity contribution in [2.75, 3.05) is 26.4 Å². The molecule has 0 radical (unpaired) electrons. The van der Waals surface area contributed by atoms with E-state index < -0.39 is 351 Å². The lowest BCUT2D eigenvalue weighted by Gasteiger charge is -2.29. The Morgan fingerprint density at radius 1 is 0.310 bits per heavy atom. The van der Waals surface area contributed by atoms with Crippen molar-refractivity contribution >= 4 is 142 Å². The van der Waals surface area contributed by atoms with Crippen LogP contribution in [0.2, 0.25) is 0 Å². The molecular formula is C87H142N22O33. The van der Waals surface area contributed by atoms with E-state index in [9.17, 15) is 161 Å². The number of aliphatic hydroxyl groups excluding tert-OH is 5. The lowest BCUT2D eigenvalue weighted by Crippen LogP contribution is -2.63. The lowest BCUT2D eigenvalue weighted by molar-refractivity contribution is -0.144. The van der Waals surface area contributed by atoms with Crippen LogP contribution in [0.4, 0.5) is 0 Å². The number of unbranched alkanes of at least 4 members (excludes halogenated alkanes) is 1. The molecule has 0 bridgehead atoms.